The van der Waals surface area contributed by atoms with Crippen molar-refractivity contribution in [1.29, 1.82) is 0 Å². The minimum absolute atomic E-state index is 0.164. The van der Waals surface area contributed by atoms with Crippen LogP contribution in [0.5, 0.6) is 5.75 Å². The number of halogens is 2. The molecular formula is C14H19F2NO. The largest absolute Gasteiger partial charge is 0.507 e. The lowest BCUT2D eigenvalue weighted by molar-refractivity contribution is -0.0514. The molecule has 0 radical (unpaired) electrons. The summed E-state index contributed by atoms with van der Waals surface area (Å²) in [4.78, 5) is 0. The minimum Gasteiger partial charge on any atom is -0.507 e. The van der Waals surface area contributed by atoms with Gasteiger partial charge in [-0.3, -0.25) is 0 Å². The summed E-state index contributed by atoms with van der Waals surface area (Å²) in [6, 6.07) is 3.62. The Kier molecular flexibility index (Phi) is 3.09. The smallest absolute Gasteiger partial charge is 0.248 e. The maximum atomic E-state index is 13.2. The summed E-state index contributed by atoms with van der Waals surface area (Å²) in [5, 5.41) is 9.74. The first-order valence-electron chi connectivity index (χ1n) is 6.21. The first-order chi connectivity index (χ1) is 8.23. The van der Waals surface area contributed by atoms with Crippen molar-refractivity contribution in [2.24, 2.45) is 5.73 Å². The van der Waals surface area contributed by atoms with Crippen molar-refractivity contribution < 1.29 is 13.9 Å². The van der Waals surface area contributed by atoms with Crippen LogP contribution in [0.1, 0.15) is 42.4 Å². The van der Waals surface area contributed by atoms with E-state index in [-0.39, 0.29) is 31.4 Å². The van der Waals surface area contributed by atoms with Crippen LogP contribution in [-0.2, 0) is 5.54 Å². The first-order valence-corrected chi connectivity index (χ1v) is 6.21. The number of aromatic hydroxyl groups is 1. The van der Waals surface area contributed by atoms with Crippen LogP contribution in [0.2, 0.25) is 0 Å². The van der Waals surface area contributed by atoms with Crippen molar-refractivity contribution in [2.75, 3.05) is 0 Å². The Balaban J connectivity index is 2.32. The number of aryl methyl sites for hydroxylation is 2. The molecule has 0 bridgehead atoms. The molecule has 1 aliphatic rings. The van der Waals surface area contributed by atoms with Crippen molar-refractivity contribution in [2.45, 2.75) is 51.0 Å². The number of alkyl halides is 2. The fraction of sp³-hybridized carbons (Fsp3) is 0.571. The highest BCUT2D eigenvalue weighted by Crippen LogP contribution is 2.43. The third kappa shape index (κ3) is 2.34. The predicted octanol–water partition coefficient (Wildman–Crippen LogP) is 3.37. The number of benzene rings is 1. The Morgan fingerprint density at radius 1 is 1.06 bits per heavy atom. The van der Waals surface area contributed by atoms with E-state index in [0.29, 0.717) is 0 Å². The zero-order valence-electron chi connectivity index (χ0n) is 10.8. The summed E-state index contributed by atoms with van der Waals surface area (Å²) < 4.78 is 26.4. The summed E-state index contributed by atoms with van der Waals surface area (Å²) in [5.41, 5.74) is 7.92. The molecule has 0 atom stereocenters. The van der Waals surface area contributed by atoms with Gasteiger partial charge in [-0.2, -0.15) is 0 Å². The average molecular weight is 255 g/mol. The number of phenols is 1. The Morgan fingerprint density at radius 2 is 1.50 bits per heavy atom. The van der Waals surface area contributed by atoms with Gasteiger partial charge in [-0.15, -0.1) is 0 Å². The van der Waals surface area contributed by atoms with E-state index in [9.17, 15) is 13.9 Å². The van der Waals surface area contributed by atoms with Crippen molar-refractivity contribution >= 4 is 0 Å². The summed E-state index contributed by atoms with van der Waals surface area (Å²) in [7, 11) is 0. The zero-order valence-corrected chi connectivity index (χ0v) is 10.8. The van der Waals surface area contributed by atoms with Gasteiger partial charge in [-0.25, -0.2) is 8.78 Å². The number of nitrogens with two attached hydrogens (primary N) is 1. The summed E-state index contributed by atoms with van der Waals surface area (Å²) >= 11 is 0. The SMILES string of the molecule is Cc1cc(C2(N)CCC(F)(F)CC2)cc(C)c1O. The molecule has 1 fully saturated rings. The van der Waals surface area contributed by atoms with Crippen molar-refractivity contribution in [3.05, 3.63) is 28.8 Å². The number of hydrogen-bond acceptors (Lipinski definition) is 2. The predicted molar refractivity (Wildman–Crippen MR) is 66.9 cm³/mol. The molecule has 1 saturated carbocycles. The average Bonchev–Trinajstić information content (AvgIpc) is 2.30. The van der Waals surface area contributed by atoms with Gasteiger partial charge in [0.25, 0.3) is 0 Å². The second-order valence-corrected chi connectivity index (χ2v) is 5.47. The topological polar surface area (TPSA) is 46.2 Å². The molecule has 0 heterocycles. The number of rotatable bonds is 1. The Morgan fingerprint density at radius 3 is 1.94 bits per heavy atom. The fourth-order valence-electron chi connectivity index (χ4n) is 2.59. The van der Waals surface area contributed by atoms with Crippen LogP contribution in [0.4, 0.5) is 8.78 Å². The lowest BCUT2D eigenvalue weighted by atomic mass is 9.75. The minimum atomic E-state index is -2.58. The molecular weight excluding hydrogens is 236 g/mol. The van der Waals surface area contributed by atoms with Gasteiger partial charge in [0.2, 0.25) is 5.92 Å². The lowest BCUT2D eigenvalue weighted by Crippen LogP contribution is -2.43. The van der Waals surface area contributed by atoms with Crippen molar-refractivity contribution in [1.82, 2.24) is 0 Å². The van der Waals surface area contributed by atoms with E-state index in [0.717, 1.165) is 16.7 Å². The third-order valence-electron chi connectivity index (χ3n) is 3.94. The van der Waals surface area contributed by atoms with Crippen LogP contribution in [-0.4, -0.2) is 11.0 Å². The van der Waals surface area contributed by atoms with E-state index in [1.54, 1.807) is 13.8 Å². The number of hydrogen-bond donors (Lipinski definition) is 2. The normalized spacial score (nSPS) is 21.8. The molecule has 18 heavy (non-hydrogen) atoms. The third-order valence-corrected chi connectivity index (χ3v) is 3.94. The molecule has 0 aromatic heterocycles. The highest BCUT2D eigenvalue weighted by Gasteiger charge is 2.42. The molecule has 0 amide bonds. The Hall–Kier alpha value is -1.16. The molecule has 0 spiro atoms. The highest BCUT2D eigenvalue weighted by atomic mass is 19.3. The standard InChI is InChI=1S/C14H19F2NO/c1-9-7-11(8-10(2)12(9)18)13(17)3-5-14(15,16)6-4-13/h7-8,18H,3-6,17H2,1-2H3. The van der Waals surface area contributed by atoms with Gasteiger partial charge < -0.3 is 10.8 Å². The zero-order chi connectivity index (χ0) is 13.6. The van der Waals surface area contributed by atoms with Crippen LogP contribution >= 0.6 is 0 Å². The fourth-order valence-corrected chi connectivity index (χ4v) is 2.59. The molecule has 0 aliphatic heterocycles. The summed E-state index contributed by atoms with van der Waals surface area (Å²) in [6.45, 7) is 3.60. The van der Waals surface area contributed by atoms with E-state index >= 15 is 0 Å². The van der Waals surface area contributed by atoms with Gasteiger partial charge in [0.15, 0.2) is 0 Å². The quantitative estimate of drug-likeness (QED) is 0.808. The molecule has 1 aromatic rings. The monoisotopic (exact) mass is 255 g/mol. The number of phenolic OH excluding ortho intramolecular Hbond substituents is 1. The van der Waals surface area contributed by atoms with Gasteiger partial charge in [0.05, 0.1) is 0 Å². The Labute approximate surface area is 106 Å². The highest BCUT2D eigenvalue weighted by molar-refractivity contribution is 5.44. The van der Waals surface area contributed by atoms with E-state index in [1.165, 1.54) is 0 Å². The van der Waals surface area contributed by atoms with Gasteiger partial charge >= 0.3 is 0 Å². The molecule has 100 valence electrons. The maximum Gasteiger partial charge on any atom is 0.248 e. The molecule has 4 heteroatoms. The van der Waals surface area contributed by atoms with Crippen molar-refractivity contribution in [3.8, 4) is 5.75 Å². The van der Waals surface area contributed by atoms with Crippen LogP contribution in [0.15, 0.2) is 12.1 Å². The van der Waals surface area contributed by atoms with Crippen LogP contribution in [0.25, 0.3) is 0 Å². The summed E-state index contributed by atoms with van der Waals surface area (Å²) in [6.07, 6.45) is 0.234. The summed E-state index contributed by atoms with van der Waals surface area (Å²) in [5.74, 6) is -2.33. The Bertz CT molecular complexity index is 438. The van der Waals surface area contributed by atoms with E-state index in [2.05, 4.69) is 0 Å². The van der Waals surface area contributed by atoms with E-state index in [4.69, 9.17) is 5.73 Å². The van der Waals surface area contributed by atoms with Gasteiger partial charge in [0, 0.05) is 18.4 Å². The molecule has 1 aliphatic carbocycles. The molecule has 0 saturated heterocycles. The molecule has 1 aromatic carbocycles. The molecule has 2 nitrogen and oxygen atoms in total. The van der Waals surface area contributed by atoms with E-state index in [1.807, 2.05) is 12.1 Å². The lowest BCUT2D eigenvalue weighted by Gasteiger charge is -2.37. The first kappa shape index (κ1) is 13.3. The van der Waals surface area contributed by atoms with Crippen LogP contribution in [0.3, 0.4) is 0 Å². The molecule has 3 N–H and O–H groups in total. The second kappa shape index (κ2) is 4.19. The molecule has 2 rings (SSSR count). The molecule has 0 unspecified atom stereocenters. The van der Waals surface area contributed by atoms with Crippen LogP contribution < -0.4 is 5.73 Å². The van der Waals surface area contributed by atoms with Crippen LogP contribution in [0, 0.1) is 13.8 Å². The van der Waals surface area contributed by atoms with E-state index < -0.39 is 11.5 Å². The van der Waals surface area contributed by atoms with Gasteiger partial charge in [-0.1, -0.05) is 12.1 Å². The second-order valence-electron chi connectivity index (χ2n) is 5.47. The van der Waals surface area contributed by atoms with Crippen molar-refractivity contribution in [3.63, 3.8) is 0 Å². The van der Waals surface area contributed by atoms with Gasteiger partial charge in [-0.05, 0) is 43.4 Å². The van der Waals surface area contributed by atoms with Gasteiger partial charge in [0.1, 0.15) is 5.75 Å². The maximum absolute atomic E-state index is 13.2.